The molecule has 0 aromatic rings. The summed E-state index contributed by atoms with van der Waals surface area (Å²) in [4.78, 5) is 0. The van der Waals surface area contributed by atoms with Crippen LogP contribution >= 0.6 is 0 Å². The third-order valence-electron chi connectivity index (χ3n) is 2.62. The molecule has 28 heavy (non-hydrogen) atoms. The molecule has 6 nitrogen and oxygen atoms in total. The van der Waals surface area contributed by atoms with E-state index in [4.69, 9.17) is 0 Å². The molecule has 0 saturated heterocycles. The van der Waals surface area contributed by atoms with E-state index in [-0.39, 0.29) is 0 Å². The first-order valence-corrected chi connectivity index (χ1v) is 10.6. The van der Waals surface area contributed by atoms with Gasteiger partial charge in [0.05, 0.1) is 0 Å². The Morgan fingerprint density at radius 2 is 0.821 bits per heavy atom. The lowest BCUT2D eigenvalue weighted by molar-refractivity contribution is -0.332. The number of halogens is 12. The number of rotatable bonds is 6. The van der Waals surface area contributed by atoms with Gasteiger partial charge in [0.2, 0.25) is 0 Å². The first-order chi connectivity index (χ1) is 11.6. The van der Waals surface area contributed by atoms with Crippen LogP contribution in [-0.4, -0.2) is 64.2 Å². The van der Waals surface area contributed by atoms with E-state index < -0.39 is 68.5 Å². The molecule has 0 spiro atoms. The van der Waals surface area contributed by atoms with Crippen LogP contribution in [0.25, 0.3) is 0 Å². The van der Waals surface area contributed by atoms with Gasteiger partial charge in [0, 0.05) is 6.26 Å². The van der Waals surface area contributed by atoms with Crippen molar-refractivity contribution in [3.63, 3.8) is 0 Å². The van der Waals surface area contributed by atoms with E-state index in [1.807, 2.05) is 0 Å². The lowest BCUT2D eigenvalue weighted by atomic mass is 10.3. The zero-order chi connectivity index (χ0) is 23.6. The van der Waals surface area contributed by atoms with Crippen molar-refractivity contribution in [1.29, 1.82) is 0 Å². The molecule has 0 saturated carbocycles. The molecule has 0 bridgehead atoms. The Balaban J connectivity index is 7.27. The van der Waals surface area contributed by atoms with Crippen LogP contribution in [0.15, 0.2) is 0 Å². The Morgan fingerprint density at radius 1 is 0.536 bits per heavy atom. The predicted molar refractivity (Wildman–Crippen MR) is 63.4 cm³/mol. The van der Waals surface area contributed by atoms with Crippen molar-refractivity contribution in [1.82, 2.24) is 0 Å². The van der Waals surface area contributed by atoms with Crippen LogP contribution in [0.1, 0.15) is 0 Å². The Hall–Kier alpha value is -0.990. The minimum absolute atomic E-state index is 0.874. The molecule has 0 N–H and O–H groups in total. The van der Waals surface area contributed by atoms with Crippen LogP contribution in [0, 0.1) is 0 Å². The van der Waals surface area contributed by atoms with Gasteiger partial charge in [0.15, 0.2) is 9.84 Å². The van der Waals surface area contributed by atoms with E-state index in [9.17, 15) is 77.9 Å². The highest BCUT2D eigenvalue weighted by Gasteiger charge is 2.83. The first kappa shape index (κ1) is 27.0. The van der Waals surface area contributed by atoms with Gasteiger partial charge in [0.1, 0.15) is 0 Å². The number of sulfone groups is 3. The summed E-state index contributed by atoms with van der Waals surface area (Å²) in [5.41, 5.74) is 0. The summed E-state index contributed by atoms with van der Waals surface area (Å²) in [6, 6.07) is 0. The van der Waals surface area contributed by atoms with Gasteiger partial charge < -0.3 is 0 Å². The fourth-order valence-electron chi connectivity index (χ4n) is 1.37. The lowest BCUT2D eigenvalue weighted by Gasteiger charge is -2.31. The summed E-state index contributed by atoms with van der Waals surface area (Å²) in [5, 5.41) is -15.2. The maximum Gasteiger partial charge on any atom is 0.469 e. The molecular formula is C7H4F12O6S3. The van der Waals surface area contributed by atoms with Crippen LogP contribution in [0.2, 0.25) is 0 Å². The highest BCUT2D eigenvalue weighted by atomic mass is 32.3. The molecule has 0 aromatic heterocycles. The zero-order valence-electron chi connectivity index (χ0n) is 12.3. The second-order valence-corrected chi connectivity index (χ2v) is 12.0. The van der Waals surface area contributed by atoms with Crippen LogP contribution in [0.5, 0.6) is 0 Å². The maximum atomic E-state index is 13.4. The predicted octanol–water partition coefficient (Wildman–Crippen LogP) is 2.09. The quantitative estimate of drug-likeness (QED) is 0.510. The molecule has 0 aliphatic rings. The van der Waals surface area contributed by atoms with Crippen molar-refractivity contribution in [2.75, 3.05) is 6.26 Å². The topological polar surface area (TPSA) is 102 Å². The smallest absolute Gasteiger partial charge is 0.227 e. The van der Waals surface area contributed by atoms with E-state index in [1.165, 1.54) is 0 Å². The Kier molecular flexibility index (Phi) is 6.28. The number of hydrogen-bond acceptors (Lipinski definition) is 6. The summed E-state index contributed by atoms with van der Waals surface area (Å²) in [7, 11) is -23.4. The van der Waals surface area contributed by atoms with Gasteiger partial charge in [-0.1, -0.05) is 0 Å². The van der Waals surface area contributed by atoms with Crippen LogP contribution < -0.4 is 0 Å². The zero-order valence-corrected chi connectivity index (χ0v) is 14.7. The van der Waals surface area contributed by atoms with Crippen LogP contribution in [-0.2, 0) is 29.5 Å². The molecule has 0 radical (unpaired) electrons. The molecule has 1 unspecified atom stereocenters. The Morgan fingerprint density at radius 3 is 1.04 bits per heavy atom. The first-order valence-electron chi connectivity index (χ1n) is 5.54. The van der Waals surface area contributed by atoms with Crippen molar-refractivity contribution in [3.8, 4) is 0 Å². The summed E-state index contributed by atoms with van der Waals surface area (Å²) in [6.07, 6.45) is -15.8. The van der Waals surface area contributed by atoms with Gasteiger partial charge in [-0.05, 0) is 0 Å². The fourth-order valence-corrected chi connectivity index (χ4v) is 9.12. The standard InChI is InChI=1S/C7H4F12O6S3/c1-26(20,21)2(28(24,25)7(18,19)5(13,14)15)27(22,23)6(16,17)3(8,9)4(10,11)12/h2H,1H3. The van der Waals surface area contributed by atoms with E-state index in [0.717, 1.165) is 0 Å². The van der Waals surface area contributed by atoms with Gasteiger partial charge in [-0.3, -0.25) is 0 Å². The largest absolute Gasteiger partial charge is 0.469 e. The van der Waals surface area contributed by atoms with E-state index in [2.05, 4.69) is 0 Å². The minimum atomic E-state index is -8.46. The summed E-state index contributed by atoms with van der Waals surface area (Å²) < 4.78 is 213. The van der Waals surface area contributed by atoms with Gasteiger partial charge in [-0.2, -0.15) is 52.7 Å². The molecule has 0 aromatic carbocycles. The second-order valence-electron chi connectivity index (χ2n) is 4.81. The van der Waals surface area contributed by atoms with Crippen molar-refractivity contribution >= 4 is 29.5 Å². The lowest BCUT2D eigenvalue weighted by Crippen LogP contribution is -2.62. The van der Waals surface area contributed by atoms with Gasteiger partial charge in [-0.15, -0.1) is 0 Å². The molecule has 0 fully saturated rings. The Bertz CT molecular complexity index is 923. The SMILES string of the molecule is CS(=O)(=O)C(S(=O)(=O)C(F)(F)C(F)(F)F)S(=O)(=O)C(F)(F)C(F)(F)C(F)(F)F. The molecule has 0 rings (SSSR count). The van der Waals surface area contributed by atoms with Crippen molar-refractivity contribution < 1.29 is 77.9 Å². The van der Waals surface area contributed by atoms with E-state index >= 15 is 0 Å². The minimum Gasteiger partial charge on any atom is -0.227 e. The van der Waals surface area contributed by atoms with Crippen molar-refractivity contribution in [2.24, 2.45) is 0 Å². The van der Waals surface area contributed by atoms with Crippen molar-refractivity contribution in [2.45, 2.75) is 32.7 Å². The molecule has 170 valence electrons. The monoisotopic (exact) mass is 508 g/mol. The highest BCUT2D eigenvalue weighted by molar-refractivity contribution is 8.24. The molecule has 1 atom stereocenters. The third kappa shape index (κ3) is 3.75. The average Bonchev–Trinajstić information content (AvgIpc) is 2.32. The highest BCUT2D eigenvalue weighted by Crippen LogP contribution is 2.53. The summed E-state index contributed by atoms with van der Waals surface area (Å²) in [5.74, 6) is -7.79. The van der Waals surface area contributed by atoms with Gasteiger partial charge in [-0.25, -0.2) is 25.3 Å². The molecule has 21 heteroatoms. The molecule has 0 amide bonds. The number of hydrogen-bond donors (Lipinski definition) is 0. The van der Waals surface area contributed by atoms with Gasteiger partial charge >= 0.3 is 28.8 Å². The maximum absolute atomic E-state index is 13.4. The number of alkyl halides is 12. The average molecular weight is 508 g/mol. The Labute approximate surface area is 147 Å². The summed E-state index contributed by atoms with van der Waals surface area (Å²) >= 11 is 0. The fraction of sp³-hybridized carbons (Fsp3) is 1.00. The second kappa shape index (κ2) is 6.51. The van der Waals surface area contributed by atoms with Crippen LogP contribution in [0.4, 0.5) is 52.7 Å². The summed E-state index contributed by atoms with van der Waals surface area (Å²) in [6.45, 7) is 0. The molecular weight excluding hydrogens is 504 g/mol. The molecule has 0 heterocycles. The third-order valence-corrected chi connectivity index (χ3v) is 11.4. The van der Waals surface area contributed by atoms with E-state index in [1.54, 1.807) is 0 Å². The van der Waals surface area contributed by atoms with Crippen LogP contribution in [0.3, 0.4) is 0 Å². The normalized spacial score (nSPS) is 17.5. The van der Waals surface area contributed by atoms with E-state index in [0.29, 0.717) is 0 Å². The molecule has 0 aliphatic heterocycles. The van der Waals surface area contributed by atoms with Gasteiger partial charge in [0.25, 0.3) is 23.6 Å². The van der Waals surface area contributed by atoms with Crippen molar-refractivity contribution in [3.05, 3.63) is 0 Å². The molecule has 0 aliphatic carbocycles.